The van der Waals surface area contributed by atoms with Gasteiger partial charge in [0.2, 0.25) is 0 Å². The van der Waals surface area contributed by atoms with E-state index in [9.17, 15) is 0 Å². The van der Waals surface area contributed by atoms with Crippen molar-refractivity contribution < 1.29 is 4.74 Å². The molecule has 2 rings (SSSR count). The van der Waals surface area contributed by atoms with Gasteiger partial charge in [-0.2, -0.15) is 0 Å². The van der Waals surface area contributed by atoms with E-state index >= 15 is 0 Å². The van der Waals surface area contributed by atoms with Crippen molar-refractivity contribution in [3.8, 4) is 0 Å². The molecule has 0 spiro atoms. The third kappa shape index (κ3) is 3.82. The first kappa shape index (κ1) is 15.0. The Bertz CT molecular complexity index is 430. The SMILES string of the molecule is CCCNc1ncnc(NCC2(C)CCOCC2)c1C. The monoisotopic (exact) mass is 278 g/mol. The van der Waals surface area contributed by atoms with Crippen LogP contribution in [-0.2, 0) is 4.74 Å². The van der Waals surface area contributed by atoms with Gasteiger partial charge >= 0.3 is 0 Å². The van der Waals surface area contributed by atoms with Crippen LogP contribution in [0.1, 0.15) is 38.7 Å². The Morgan fingerprint density at radius 2 is 1.85 bits per heavy atom. The lowest BCUT2D eigenvalue weighted by Crippen LogP contribution is -2.33. The number of hydrogen-bond donors (Lipinski definition) is 2. The van der Waals surface area contributed by atoms with Crippen LogP contribution in [0.2, 0.25) is 0 Å². The zero-order chi connectivity index (χ0) is 14.4. The van der Waals surface area contributed by atoms with E-state index in [1.54, 1.807) is 6.33 Å². The Balaban J connectivity index is 1.98. The first-order valence-corrected chi connectivity index (χ1v) is 7.52. The van der Waals surface area contributed by atoms with E-state index in [1.165, 1.54) is 0 Å². The van der Waals surface area contributed by atoms with Crippen LogP contribution in [0, 0.1) is 12.3 Å². The van der Waals surface area contributed by atoms with Crippen molar-refractivity contribution >= 4 is 11.6 Å². The lowest BCUT2D eigenvalue weighted by Gasteiger charge is -2.33. The molecule has 2 heterocycles. The molecule has 0 radical (unpaired) electrons. The predicted octanol–water partition coefficient (Wildman–Crippen LogP) is 2.84. The number of rotatable bonds is 6. The topological polar surface area (TPSA) is 59.1 Å². The fourth-order valence-corrected chi connectivity index (χ4v) is 2.39. The van der Waals surface area contributed by atoms with Crippen LogP contribution in [0.25, 0.3) is 0 Å². The number of anilines is 2. The van der Waals surface area contributed by atoms with E-state index < -0.39 is 0 Å². The fourth-order valence-electron chi connectivity index (χ4n) is 2.39. The van der Waals surface area contributed by atoms with Gasteiger partial charge in [0.15, 0.2) is 0 Å². The highest BCUT2D eigenvalue weighted by atomic mass is 16.5. The standard InChI is InChI=1S/C15H26N4O/c1-4-7-16-13-12(2)14(19-11-18-13)17-10-15(3)5-8-20-9-6-15/h11H,4-10H2,1-3H3,(H2,16,17,18,19). The molecule has 1 aromatic heterocycles. The molecule has 20 heavy (non-hydrogen) atoms. The molecular weight excluding hydrogens is 252 g/mol. The third-order valence-corrected chi connectivity index (χ3v) is 4.01. The van der Waals surface area contributed by atoms with Crippen molar-refractivity contribution in [2.75, 3.05) is 36.9 Å². The van der Waals surface area contributed by atoms with Gasteiger partial charge in [0.25, 0.3) is 0 Å². The van der Waals surface area contributed by atoms with Crippen molar-refractivity contribution in [1.29, 1.82) is 0 Å². The minimum atomic E-state index is 0.298. The minimum Gasteiger partial charge on any atom is -0.381 e. The summed E-state index contributed by atoms with van der Waals surface area (Å²) in [5.41, 5.74) is 1.39. The number of nitrogens with one attached hydrogen (secondary N) is 2. The molecule has 1 aliphatic heterocycles. The first-order chi connectivity index (χ1) is 9.64. The summed E-state index contributed by atoms with van der Waals surface area (Å²) < 4.78 is 5.44. The predicted molar refractivity (Wildman–Crippen MR) is 82.2 cm³/mol. The van der Waals surface area contributed by atoms with Crippen molar-refractivity contribution in [3.63, 3.8) is 0 Å². The van der Waals surface area contributed by atoms with E-state index in [0.717, 1.165) is 62.8 Å². The molecule has 0 aromatic carbocycles. The molecule has 1 aliphatic rings. The van der Waals surface area contributed by atoms with Gasteiger partial charge in [-0.3, -0.25) is 0 Å². The van der Waals surface area contributed by atoms with Crippen LogP contribution in [0.4, 0.5) is 11.6 Å². The summed E-state index contributed by atoms with van der Waals surface area (Å²) in [6.07, 6.45) is 4.92. The Morgan fingerprint density at radius 1 is 1.20 bits per heavy atom. The highest BCUT2D eigenvalue weighted by Crippen LogP contribution is 2.30. The number of aromatic nitrogens is 2. The Labute approximate surface area is 121 Å². The fraction of sp³-hybridized carbons (Fsp3) is 0.733. The summed E-state index contributed by atoms with van der Waals surface area (Å²) >= 11 is 0. The molecule has 2 N–H and O–H groups in total. The third-order valence-electron chi connectivity index (χ3n) is 4.01. The minimum absolute atomic E-state index is 0.298. The summed E-state index contributed by atoms with van der Waals surface area (Å²) in [7, 11) is 0. The average molecular weight is 278 g/mol. The lowest BCUT2D eigenvalue weighted by molar-refractivity contribution is 0.0299. The van der Waals surface area contributed by atoms with Gasteiger partial charge < -0.3 is 15.4 Å². The van der Waals surface area contributed by atoms with Crippen molar-refractivity contribution in [2.24, 2.45) is 5.41 Å². The van der Waals surface area contributed by atoms with Gasteiger partial charge in [-0.25, -0.2) is 9.97 Å². The van der Waals surface area contributed by atoms with Gasteiger partial charge in [-0.15, -0.1) is 0 Å². The maximum absolute atomic E-state index is 5.44. The molecule has 1 fully saturated rings. The zero-order valence-corrected chi connectivity index (χ0v) is 12.8. The Kier molecular flexibility index (Phi) is 5.17. The van der Waals surface area contributed by atoms with E-state index in [2.05, 4.69) is 41.4 Å². The molecule has 0 amide bonds. The summed E-state index contributed by atoms with van der Waals surface area (Å²) in [6, 6.07) is 0. The Morgan fingerprint density at radius 3 is 2.50 bits per heavy atom. The van der Waals surface area contributed by atoms with Crippen molar-refractivity contribution in [3.05, 3.63) is 11.9 Å². The molecule has 0 saturated carbocycles. The van der Waals surface area contributed by atoms with Gasteiger partial charge in [0.1, 0.15) is 18.0 Å². The normalized spacial score (nSPS) is 17.8. The molecule has 0 atom stereocenters. The van der Waals surface area contributed by atoms with Crippen LogP contribution in [0.5, 0.6) is 0 Å². The van der Waals surface area contributed by atoms with Gasteiger partial charge in [-0.05, 0) is 31.6 Å². The lowest BCUT2D eigenvalue weighted by atomic mass is 9.82. The molecule has 5 nitrogen and oxygen atoms in total. The highest BCUT2D eigenvalue weighted by Gasteiger charge is 2.27. The smallest absolute Gasteiger partial charge is 0.134 e. The quantitative estimate of drug-likeness (QED) is 0.838. The van der Waals surface area contributed by atoms with Crippen LogP contribution in [0.15, 0.2) is 6.33 Å². The molecule has 0 unspecified atom stereocenters. The summed E-state index contributed by atoms with van der Waals surface area (Å²) in [5.74, 6) is 1.87. The van der Waals surface area contributed by atoms with E-state index in [1.807, 2.05) is 0 Å². The highest BCUT2D eigenvalue weighted by molar-refractivity contribution is 5.56. The number of hydrogen-bond acceptors (Lipinski definition) is 5. The van der Waals surface area contributed by atoms with Crippen LogP contribution >= 0.6 is 0 Å². The van der Waals surface area contributed by atoms with Crippen molar-refractivity contribution in [2.45, 2.75) is 40.0 Å². The van der Waals surface area contributed by atoms with Gasteiger partial charge in [-0.1, -0.05) is 13.8 Å². The van der Waals surface area contributed by atoms with Gasteiger partial charge in [0, 0.05) is 31.9 Å². The maximum atomic E-state index is 5.44. The maximum Gasteiger partial charge on any atom is 0.134 e. The summed E-state index contributed by atoms with van der Waals surface area (Å²) in [4.78, 5) is 8.68. The first-order valence-electron chi connectivity index (χ1n) is 7.52. The second kappa shape index (κ2) is 6.88. The Hall–Kier alpha value is -1.36. The van der Waals surface area contributed by atoms with Gasteiger partial charge in [0.05, 0.1) is 0 Å². The molecule has 0 aliphatic carbocycles. The zero-order valence-electron chi connectivity index (χ0n) is 12.8. The van der Waals surface area contributed by atoms with E-state index in [-0.39, 0.29) is 0 Å². The second-order valence-corrected chi connectivity index (χ2v) is 5.90. The van der Waals surface area contributed by atoms with Crippen LogP contribution in [0.3, 0.4) is 0 Å². The number of ether oxygens (including phenoxy) is 1. The molecule has 1 saturated heterocycles. The van der Waals surface area contributed by atoms with Crippen molar-refractivity contribution in [1.82, 2.24) is 9.97 Å². The molecular formula is C15H26N4O. The largest absolute Gasteiger partial charge is 0.381 e. The average Bonchev–Trinajstić information content (AvgIpc) is 2.46. The summed E-state index contributed by atoms with van der Waals surface area (Å²) in [5, 5.41) is 6.83. The summed E-state index contributed by atoms with van der Waals surface area (Å²) in [6.45, 7) is 10.1. The van der Waals surface area contributed by atoms with E-state index in [4.69, 9.17) is 4.74 Å². The molecule has 112 valence electrons. The van der Waals surface area contributed by atoms with Crippen LogP contribution < -0.4 is 10.6 Å². The molecule has 0 bridgehead atoms. The second-order valence-electron chi connectivity index (χ2n) is 5.90. The van der Waals surface area contributed by atoms with E-state index in [0.29, 0.717) is 5.41 Å². The molecule has 1 aromatic rings. The molecule has 5 heteroatoms. The van der Waals surface area contributed by atoms with Crippen LogP contribution in [-0.4, -0.2) is 36.3 Å². The number of nitrogens with zero attached hydrogens (tertiary/aromatic N) is 2.